The van der Waals surface area contributed by atoms with E-state index in [0.29, 0.717) is 12.2 Å². The number of carboxylic acid groups (broad SMARTS) is 1. The molecular weight excluding hydrogens is 248 g/mol. The van der Waals surface area contributed by atoms with Gasteiger partial charge in [-0.1, -0.05) is 11.6 Å². The number of hydrogen-bond donors (Lipinski definition) is 4. The van der Waals surface area contributed by atoms with Crippen LogP contribution in [0.1, 0.15) is 19.5 Å². The normalized spacial score (nSPS) is 11.5. The molecule has 104 valence electrons. The van der Waals surface area contributed by atoms with E-state index in [9.17, 15) is 9.59 Å². The molecule has 2 amide bonds. The lowest BCUT2D eigenvalue weighted by molar-refractivity contribution is -0.139. The summed E-state index contributed by atoms with van der Waals surface area (Å²) >= 11 is 0. The Bertz CT molecular complexity index is 450. The van der Waals surface area contributed by atoms with Crippen LogP contribution in [0, 0.1) is 0 Å². The van der Waals surface area contributed by atoms with Gasteiger partial charge in [0, 0.05) is 24.9 Å². The number of carboxylic acids is 1. The molecule has 1 unspecified atom stereocenters. The van der Waals surface area contributed by atoms with Crippen molar-refractivity contribution >= 4 is 12.0 Å². The summed E-state index contributed by atoms with van der Waals surface area (Å²) < 4.78 is 0. The molecule has 0 aliphatic rings. The lowest BCUT2D eigenvalue weighted by atomic mass is 10.2. The van der Waals surface area contributed by atoms with Gasteiger partial charge in [0.2, 0.25) is 0 Å². The smallest absolute Gasteiger partial charge is 0.326 e. The minimum atomic E-state index is -1.09. The van der Waals surface area contributed by atoms with Crippen molar-refractivity contribution in [3.63, 3.8) is 0 Å². The van der Waals surface area contributed by atoms with Crippen LogP contribution in [0.5, 0.6) is 0 Å². The monoisotopic (exact) mass is 266 g/mol. The van der Waals surface area contributed by atoms with Crippen molar-refractivity contribution in [1.29, 1.82) is 0 Å². The van der Waals surface area contributed by atoms with Crippen molar-refractivity contribution in [2.75, 3.05) is 6.54 Å². The molecular formula is C12H18N4O3. The highest BCUT2D eigenvalue weighted by molar-refractivity contribution is 5.82. The van der Waals surface area contributed by atoms with E-state index >= 15 is 0 Å². The van der Waals surface area contributed by atoms with Crippen LogP contribution in [0.15, 0.2) is 24.2 Å². The van der Waals surface area contributed by atoms with E-state index in [1.54, 1.807) is 0 Å². The lowest BCUT2D eigenvalue weighted by Gasteiger charge is -2.13. The highest BCUT2D eigenvalue weighted by Gasteiger charge is 2.20. The predicted molar refractivity (Wildman–Crippen MR) is 69.7 cm³/mol. The average molecular weight is 266 g/mol. The number of aliphatic carboxylic acids is 1. The zero-order valence-corrected chi connectivity index (χ0v) is 10.9. The SMILES string of the molecule is CC(C)=CCNC(=O)NC(Cc1cnc[nH]1)C(=O)O. The molecule has 0 fully saturated rings. The molecule has 7 heteroatoms. The Morgan fingerprint density at radius 1 is 1.53 bits per heavy atom. The van der Waals surface area contributed by atoms with Gasteiger partial charge in [-0.3, -0.25) is 0 Å². The zero-order valence-electron chi connectivity index (χ0n) is 10.9. The number of H-pyrrole nitrogens is 1. The molecule has 7 nitrogen and oxygen atoms in total. The van der Waals surface area contributed by atoms with Crippen LogP contribution in [-0.4, -0.2) is 39.7 Å². The maximum Gasteiger partial charge on any atom is 0.326 e. The first-order valence-corrected chi connectivity index (χ1v) is 5.87. The third-order valence-corrected chi connectivity index (χ3v) is 2.36. The van der Waals surface area contributed by atoms with E-state index in [4.69, 9.17) is 5.11 Å². The highest BCUT2D eigenvalue weighted by Crippen LogP contribution is 1.98. The van der Waals surface area contributed by atoms with E-state index in [0.717, 1.165) is 5.57 Å². The molecule has 0 bridgehead atoms. The molecule has 1 heterocycles. The number of carbonyl (C=O) groups is 2. The van der Waals surface area contributed by atoms with Gasteiger partial charge in [0.05, 0.1) is 6.33 Å². The fourth-order valence-corrected chi connectivity index (χ4v) is 1.37. The third kappa shape index (κ3) is 5.71. The Kier molecular flexibility index (Phi) is 5.59. The van der Waals surface area contributed by atoms with Gasteiger partial charge in [-0.15, -0.1) is 0 Å². The molecule has 4 N–H and O–H groups in total. The molecule has 1 aromatic heterocycles. The van der Waals surface area contributed by atoms with Crippen LogP contribution in [0.3, 0.4) is 0 Å². The van der Waals surface area contributed by atoms with Crippen LogP contribution >= 0.6 is 0 Å². The van der Waals surface area contributed by atoms with Crippen LogP contribution in [-0.2, 0) is 11.2 Å². The van der Waals surface area contributed by atoms with Crippen molar-refractivity contribution in [1.82, 2.24) is 20.6 Å². The predicted octanol–water partition coefficient (Wildman–Crippen LogP) is 0.671. The van der Waals surface area contributed by atoms with Crippen molar-refractivity contribution in [3.8, 4) is 0 Å². The minimum absolute atomic E-state index is 0.158. The molecule has 19 heavy (non-hydrogen) atoms. The number of hydrogen-bond acceptors (Lipinski definition) is 3. The Morgan fingerprint density at radius 2 is 2.26 bits per heavy atom. The number of allylic oxidation sites excluding steroid dienone is 1. The van der Waals surface area contributed by atoms with E-state index in [2.05, 4.69) is 20.6 Å². The van der Waals surface area contributed by atoms with Gasteiger partial charge in [0.15, 0.2) is 0 Å². The first-order chi connectivity index (χ1) is 8.99. The van der Waals surface area contributed by atoms with Gasteiger partial charge < -0.3 is 20.7 Å². The molecule has 0 saturated heterocycles. The Morgan fingerprint density at radius 3 is 2.79 bits per heavy atom. The number of aromatic amines is 1. The topological polar surface area (TPSA) is 107 Å². The quantitative estimate of drug-likeness (QED) is 0.568. The number of aromatic nitrogens is 2. The number of amides is 2. The van der Waals surface area contributed by atoms with Gasteiger partial charge in [-0.05, 0) is 13.8 Å². The van der Waals surface area contributed by atoms with Crippen LogP contribution < -0.4 is 10.6 Å². The van der Waals surface area contributed by atoms with E-state index in [-0.39, 0.29) is 6.42 Å². The molecule has 0 aliphatic heterocycles. The summed E-state index contributed by atoms with van der Waals surface area (Å²) in [7, 11) is 0. The summed E-state index contributed by atoms with van der Waals surface area (Å²) in [5, 5.41) is 14.0. The summed E-state index contributed by atoms with van der Waals surface area (Å²) in [6, 6.07) is -1.50. The average Bonchev–Trinajstić information content (AvgIpc) is 2.80. The largest absolute Gasteiger partial charge is 0.480 e. The number of rotatable bonds is 6. The summed E-state index contributed by atoms with van der Waals surface area (Å²) in [6.45, 7) is 4.19. The molecule has 0 spiro atoms. The Hall–Kier alpha value is -2.31. The van der Waals surface area contributed by atoms with E-state index in [1.807, 2.05) is 19.9 Å². The van der Waals surface area contributed by atoms with Crippen molar-refractivity contribution < 1.29 is 14.7 Å². The first kappa shape index (κ1) is 14.7. The molecule has 1 aromatic rings. The van der Waals surface area contributed by atoms with Gasteiger partial charge in [0.25, 0.3) is 0 Å². The first-order valence-electron chi connectivity index (χ1n) is 5.87. The summed E-state index contributed by atoms with van der Waals surface area (Å²) in [5.74, 6) is -1.09. The standard InChI is InChI=1S/C12H18N4O3/c1-8(2)3-4-14-12(19)16-10(11(17)18)5-9-6-13-7-15-9/h3,6-7,10H,4-5H2,1-2H3,(H,13,15)(H,17,18)(H2,14,16,19). The highest BCUT2D eigenvalue weighted by atomic mass is 16.4. The van der Waals surface area contributed by atoms with Gasteiger partial charge in [-0.2, -0.15) is 0 Å². The Balaban J connectivity index is 2.47. The van der Waals surface area contributed by atoms with Crippen molar-refractivity contribution in [2.24, 2.45) is 0 Å². The van der Waals surface area contributed by atoms with Gasteiger partial charge in [0.1, 0.15) is 6.04 Å². The fourth-order valence-electron chi connectivity index (χ4n) is 1.37. The fraction of sp³-hybridized carbons (Fsp3) is 0.417. The molecule has 0 radical (unpaired) electrons. The summed E-state index contributed by atoms with van der Waals surface area (Å²) in [5.41, 5.74) is 1.73. The van der Waals surface area contributed by atoms with Crippen LogP contribution in [0.25, 0.3) is 0 Å². The molecule has 0 saturated carbocycles. The second-order valence-electron chi connectivity index (χ2n) is 4.31. The molecule has 0 aliphatic carbocycles. The molecule has 0 aromatic carbocycles. The third-order valence-electron chi connectivity index (χ3n) is 2.36. The molecule has 1 atom stereocenters. The minimum Gasteiger partial charge on any atom is -0.480 e. The van der Waals surface area contributed by atoms with Crippen LogP contribution in [0.4, 0.5) is 4.79 Å². The Labute approximate surface area is 111 Å². The van der Waals surface area contributed by atoms with E-state index < -0.39 is 18.0 Å². The number of imidazole rings is 1. The van der Waals surface area contributed by atoms with Gasteiger partial charge in [-0.25, -0.2) is 14.6 Å². The lowest BCUT2D eigenvalue weighted by Crippen LogP contribution is -2.47. The van der Waals surface area contributed by atoms with Crippen LogP contribution in [0.2, 0.25) is 0 Å². The van der Waals surface area contributed by atoms with E-state index in [1.165, 1.54) is 12.5 Å². The second kappa shape index (κ2) is 7.20. The van der Waals surface area contributed by atoms with Crippen molar-refractivity contribution in [3.05, 3.63) is 29.9 Å². The number of nitrogens with zero attached hydrogens (tertiary/aromatic N) is 1. The maximum atomic E-state index is 11.5. The van der Waals surface area contributed by atoms with Gasteiger partial charge >= 0.3 is 12.0 Å². The van der Waals surface area contributed by atoms with Crippen molar-refractivity contribution in [2.45, 2.75) is 26.3 Å². The zero-order chi connectivity index (χ0) is 14.3. The maximum absolute atomic E-state index is 11.5. The molecule has 1 rings (SSSR count). The number of urea groups is 1. The summed E-state index contributed by atoms with van der Waals surface area (Å²) in [4.78, 5) is 29.2. The number of nitrogens with one attached hydrogen (secondary N) is 3. The number of carbonyl (C=O) groups excluding carboxylic acids is 1. The second-order valence-corrected chi connectivity index (χ2v) is 4.31. The summed E-state index contributed by atoms with van der Waals surface area (Å²) in [6.07, 6.45) is 4.98.